The van der Waals surface area contributed by atoms with Gasteiger partial charge in [-0.05, 0) is 5.56 Å². The van der Waals surface area contributed by atoms with E-state index in [0.717, 1.165) is 10.2 Å². The van der Waals surface area contributed by atoms with E-state index in [1.807, 2.05) is 5.10 Å². The summed E-state index contributed by atoms with van der Waals surface area (Å²) in [7, 11) is 0. The molecule has 0 aliphatic heterocycles. The zero-order valence-corrected chi connectivity index (χ0v) is 8.66. The number of benzene rings is 1. The summed E-state index contributed by atoms with van der Waals surface area (Å²) in [5.41, 5.74) is -0.968. The normalized spacial score (nSPS) is 11.7. The van der Waals surface area contributed by atoms with Crippen LogP contribution in [-0.2, 0) is 12.7 Å². The molecule has 0 spiro atoms. The van der Waals surface area contributed by atoms with Crippen LogP contribution >= 0.6 is 0 Å². The quantitative estimate of drug-likeness (QED) is 0.861. The fourth-order valence-electron chi connectivity index (χ4n) is 1.46. The number of aromatic nitrogens is 2. The van der Waals surface area contributed by atoms with Gasteiger partial charge in [0, 0.05) is 6.07 Å². The first-order valence-corrected chi connectivity index (χ1v) is 4.88. The van der Waals surface area contributed by atoms with Crippen LogP contribution in [0, 0.1) is 0 Å². The second-order valence-corrected chi connectivity index (χ2v) is 3.58. The monoisotopic (exact) mass is 242 g/mol. The van der Waals surface area contributed by atoms with Gasteiger partial charge in [0.1, 0.15) is 5.69 Å². The molecule has 1 aromatic carbocycles. The Hall–Kier alpha value is -1.98. The van der Waals surface area contributed by atoms with Crippen molar-refractivity contribution in [3.05, 3.63) is 58.0 Å². The Kier molecular flexibility index (Phi) is 2.79. The number of nitrogens with zero attached hydrogens (tertiary/aromatic N) is 1. The van der Waals surface area contributed by atoms with Crippen molar-refractivity contribution in [2.45, 2.75) is 12.7 Å². The van der Waals surface area contributed by atoms with Crippen LogP contribution in [0.15, 0.2) is 41.2 Å². The lowest BCUT2D eigenvalue weighted by molar-refractivity contribution is -0.141. The molecule has 0 atom stereocenters. The highest BCUT2D eigenvalue weighted by Gasteiger charge is 2.33. The Bertz CT molecular complexity index is 554. The summed E-state index contributed by atoms with van der Waals surface area (Å²) in [6, 6.07) is 9.34. The number of H-pyrrole nitrogens is 1. The maximum absolute atomic E-state index is 12.3. The molecular weight excluding hydrogens is 233 g/mol. The average molecular weight is 242 g/mol. The predicted octanol–water partition coefficient (Wildman–Crippen LogP) is 2.24. The Morgan fingerprint density at radius 3 is 2.35 bits per heavy atom. The number of rotatable bonds is 2. The van der Waals surface area contributed by atoms with Gasteiger partial charge < -0.3 is 0 Å². The molecule has 1 heterocycles. The molecule has 90 valence electrons. The number of halogens is 3. The number of alkyl halides is 3. The van der Waals surface area contributed by atoms with Gasteiger partial charge in [-0.3, -0.25) is 9.89 Å². The number of aromatic amines is 1. The summed E-state index contributed by atoms with van der Waals surface area (Å²) in [5.74, 6) is 0. The van der Waals surface area contributed by atoms with Crippen molar-refractivity contribution < 1.29 is 13.2 Å². The predicted molar refractivity (Wildman–Crippen MR) is 55.6 cm³/mol. The van der Waals surface area contributed by atoms with Crippen molar-refractivity contribution in [2.24, 2.45) is 0 Å². The molecule has 0 bridgehead atoms. The van der Waals surface area contributed by atoms with Gasteiger partial charge in [0.25, 0.3) is 5.56 Å². The van der Waals surface area contributed by atoms with Crippen LogP contribution in [0.1, 0.15) is 11.3 Å². The zero-order valence-electron chi connectivity index (χ0n) is 8.66. The van der Waals surface area contributed by atoms with Gasteiger partial charge >= 0.3 is 6.18 Å². The Balaban J connectivity index is 2.29. The van der Waals surface area contributed by atoms with E-state index in [1.165, 1.54) is 0 Å². The number of hydrogen-bond donors (Lipinski definition) is 1. The zero-order chi connectivity index (χ0) is 12.5. The van der Waals surface area contributed by atoms with Crippen LogP contribution in [0.3, 0.4) is 0 Å². The third-order valence-electron chi connectivity index (χ3n) is 2.28. The van der Waals surface area contributed by atoms with Gasteiger partial charge in [-0.25, -0.2) is 4.68 Å². The molecule has 0 aliphatic carbocycles. The van der Waals surface area contributed by atoms with E-state index < -0.39 is 17.4 Å². The summed E-state index contributed by atoms with van der Waals surface area (Å²) in [6.45, 7) is 0.0930. The van der Waals surface area contributed by atoms with Crippen molar-refractivity contribution in [2.75, 3.05) is 0 Å². The highest BCUT2D eigenvalue weighted by atomic mass is 19.4. The van der Waals surface area contributed by atoms with E-state index in [2.05, 4.69) is 0 Å². The SMILES string of the molecule is O=c1cc(C(F)(F)F)[nH]n1Cc1ccccc1. The molecule has 3 nitrogen and oxygen atoms in total. The molecule has 0 fully saturated rings. The molecule has 0 saturated heterocycles. The summed E-state index contributed by atoms with van der Waals surface area (Å²) >= 11 is 0. The molecule has 17 heavy (non-hydrogen) atoms. The Labute approximate surface area is 94.5 Å². The lowest BCUT2D eigenvalue weighted by Gasteiger charge is -2.04. The Morgan fingerprint density at radius 2 is 1.82 bits per heavy atom. The third kappa shape index (κ3) is 2.58. The van der Waals surface area contributed by atoms with Crippen molar-refractivity contribution in [3.8, 4) is 0 Å². The van der Waals surface area contributed by atoms with Gasteiger partial charge in [-0.2, -0.15) is 13.2 Å². The topological polar surface area (TPSA) is 37.8 Å². The van der Waals surface area contributed by atoms with Crippen LogP contribution in [0.4, 0.5) is 13.2 Å². The van der Waals surface area contributed by atoms with Crippen molar-refractivity contribution in [1.82, 2.24) is 9.78 Å². The van der Waals surface area contributed by atoms with Gasteiger partial charge in [0.2, 0.25) is 0 Å². The molecule has 6 heteroatoms. The summed E-state index contributed by atoms with van der Waals surface area (Å²) in [6.07, 6.45) is -4.53. The molecule has 0 saturated carbocycles. The van der Waals surface area contributed by atoms with E-state index in [4.69, 9.17) is 0 Å². The number of nitrogens with one attached hydrogen (secondary N) is 1. The summed E-state index contributed by atoms with van der Waals surface area (Å²) in [4.78, 5) is 11.3. The maximum atomic E-state index is 12.3. The molecule has 0 aliphatic rings. The van der Waals surface area contributed by atoms with Crippen LogP contribution in [0.25, 0.3) is 0 Å². The van der Waals surface area contributed by atoms with E-state index in [9.17, 15) is 18.0 Å². The number of hydrogen-bond acceptors (Lipinski definition) is 1. The first-order chi connectivity index (χ1) is 7.97. The van der Waals surface area contributed by atoms with Crippen LogP contribution < -0.4 is 5.56 Å². The van der Waals surface area contributed by atoms with Crippen molar-refractivity contribution in [3.63, 3.8) is 0 Å². The van der Waals surface area contributed by atoms with E-state index >= 15 is 0 Å². The van der Waals surface area contributed by atoms with E-state index in [1.54, 1.807) is 30.3 Å². The molecular formula is C11H9F3N2O. The smallest absolute Gasteiger partial charge is 0.291 e. The first-order valence-electron chi connectivity index (χ1n) is 4.88. The highest BCUT2D eigenvalue weighted by molar-refractivity contribution is 5.15. The maximum Gasteiger partial charge on any atom is 0.432 e. The van der Waals surface area contributed by atoms with Crippen LogP contribution in [0.5, 0.6) is 0 Å². The minimum absolute atomic E-state index is 0.0930. The fraction of sp³-hybridized carbons (Fsp3) is 0.182. The lowest BCUT2D eigenvalue weighted by atomic mass is 10.2. The second kappa shape index (κ2) is 4.12. The summed E-state index contributed by atoms with van der Waals surface area (Å²) in [5, 5.41) is 2.05. The lowest BCUT2D eigenvalue weighted by Crippen LogP contribution is -2.16. The minimum atomic E-state index is -4.53. The molecule has 2 rings (SSSR count). The first kappa shape index (κ1) is 11.5. The van der Waals surface area contributed by atoms with Crippen molar-refractivity contribution >= 4 is 0 Å². The van der Waals surface area contributed by atoms with Gasteiger partial charge in [0.05, 0.1) is 6.54 Å². The largest absolute Gasteiger partial charge is 0.432 e. The third-order valence-corrected chi connectivity index (χ3v) is 2.28. The van der Waals surface area contributed by atoms with Crippen LogP contribution in [0.2, 0.25) is 0 Å². The van der Waals surface area contributed by atoms with Crippen molar-refractivity contribution in [1.29, 1.82) is 0 Å². The van der Waals surface area contributed by atoms with Crippen LogP contribution in [-0.4, -0.2) is 9.78 Å². The van der Waals surface area contributed by atoms with Gasteiger partial charge in [-0.1, -0.05) is 30.3 Å². The van der Waals surface area contributed by atoms with Gasteiger partial charge in [0.15, 0.2) is 0 Å². The average Bonchev–Trinajstić information content (AvgIpc) is 2.62. The van der Waals surface area contributed by atoms with E-state index in [-0.39, 0.29) is 6.54 Å². The standard InChI is InChI=1S/C11H9F3N2O/c12-11(13,14)9-6-10(17)16(15-9)7-8-4-2-1-3-5-8/h1-6,15H,7H2. The molecule has 1 N–H and O–H groups in total. The molecule has 0 radical (unpaired) electrons. The second-order valence-electron chi connectivity index (χ2n) is 3.58. The summed E-state index contributed by atoms with van der Waals surface area (Å²) < 4.78 is 37.9. The minimum Gasteiger partial charge on any atom is -0.291 e. The molecule has 0 amide bonds. The van der Waals surface area contributed by atoms with E-state index in [0.29, 0.717) is 6.07 Å². The molecule has 1 aromatic heterocycles. The van der Waals surface area contributed by atoms with Gasteiger partial charge in [-0.15, -0.1) is 0 Å². The molecule has 2 aromatic rings. The Morgan fingerprint density at radius 1 is 1.18 bits per heavy atom. The molecule has 0 unspecified atom stereocenters. The fourth-order valence-corrected chi connectivity index (χ4v) is 1.46. The highest BCUT2D eigenvalue weighted by Crippen LogP contribution is 2.26.